The van der Waals surface area contributed by atoms with Gasteiger partial charge in [-0.1, -0.05) is 24.3 Å². The van der Waals surface area contributed by atoms with Crippen LogP contribution in [-0.2, 0) is 4.79 Å². The molecule has 0 fully saturated rings. The quantitative estimate of drug-likeness (QED) is 0.850. The van der Waals surface area contributed by atoms with Crippen LogP contribution in [0, 0.1) is 0 Å². The van der Waals surface area contributed by atoms with Crippen molar-refractivity contribution >= 4 is 23.0 Å². The molecule has 0 saturated heterocycles. The molecule has 1 aromatic heterocycles. The van der Waals surface area contributed by atoms with Crippen molar-refractivity contribution in [1.29, 1.82) is 0 Å². The summed E-state index contributed by atoms with van der Waals surface area (Å²) in [5.74, 6) is 0.779. The number of ketones is 1. The summed E-state index contributed by atoms with van der Waals surface area (Å²) in [6.07, 6.45) is 2.21. The summed E-state index contributed by atoms with van der Waals surface area (Å²) in [6.45, 7) is 0.667. The molecule has 1 atom stereocenters. The highest BCUT2D eigenvalue weighted by molar-refractivity contribution is 7.12. The zero-order valence-corrected chi connectivity index (χ0v) is 13.6. The molecule has 0 aliphatic carbocycles. The Balaban J connectivity index is 1.58. The summed E-state index contributed by atoms with van der Waals surface area (Å²) >= 11 is 1.41. The van der Waals surface area contributed by atoms with Gasteiger partial charge in [-0.2, -0.15) is 0 Å². The van der Waals surface area contributed by atoms with E-state index in [1.54, 1.807) is 6.07 Å². The van der Waals surface area contributed by atoms with E-state index in [4.69, 9.17) is 4.74 Å². The molecule has 0 spiro atoms. The van der Waals surface area contributed by atoms with E-state index in [-0.39, 0.29) is 30.6 Å². The first-order valence-corrected chi connectivity index (χ1v) is 8.70. The first-order valence-electron chi connectivity index (χ1n) is 7.82. The van der Waals surface area contributed by atoms with E-state index in [1.165, 1.54) is 11.3 Å². The molecule has 1 aromatic carbocycles. The van der Waals surface area contributed by atoms with E-state index >= 15 is 0 Å². The maximum absolute atomic E-state index is 12.2. The number of para-hydroxylation sites is 1. The van der Waals surface area contributed by atoms with Crippen molar-refractivity contribution in [3.05, 3.63) is 52.2 Å². The van der Waals surface area contributed by atoms with Gasteiger partial charge in [-0.05, 0) is 30.4 Å². The first-order chi connectivity index (χ1) is 11.2. The highest BCUT2D eigenvalue weighted by Crippen LogP contribution is 2.31. The van der Waals surface area contributed by atoms with Gasteiger partial charge < -0.3 is 10.1 Å². The Bertz CT molecular complexity index is 681. The number of hydrogen-bond donors (Lipinski definition) is 1. The van der Waals surface area contributed by atoms with E-state index in [9.17, 15) is 9.59 Å². The molecular formula is C18H19NO3S. The van der Waals surface area contributed by atoms with Crippen LogP contribution in [0.2, 0.25) is 0 Å². The van der Waals surface area contributed by atoms with E-state index in [2.05, 4.69) is 5.32 Å². The van der Waals surface area contributed by atoms with Gasteiger partial charge >= 0.3 is 0 Å². The third-order valence-corrected chi connectivity index (χ3v) is 4.81. The van der Waals surface area contributed by atoms with Crippen molar-refractivity contribution in [3.63, 3.8) is 0 Å². The Labute approximate surface area is 139 Å². The second-order valence-electron chi connectivity index (χ2n) is 5.55. The SMILES string of the molecule is O=C(CCC(=O)c1cccs1)N[C@H]1CCCOc2ccccc21. The minimum Gasteiger partial charge on any atom is -0.493 e. The fraction of sp³-hybridized carbons (Fsp3) is 0.333. The van der Waals surface area contributed by atoms with Crippen molar-refractivity contribution in [1.82, 2.24) is 5.32 Å². The Hall–Kier alpha value is -2.14. The number of carbonyl (C=O) groups is 2. The highest BCUT2D eigenvalue weighted by Gasteiger charge is 2.21. The second-order valence-corrected chi connectivity index (χ2v) is 6.50. The maximum atomic E-state index is 12.2. The van der Waals surface area contributed by atoms with Crippen molar-refractivity contribution in [2.75, 3.05) is 6.61 Å². The molecule has 4 nitrogen and oxygen atoms in total. The number of carbonyl (C=O) groups excluding carboxylic acids is 2. The van der Waals surface area contributed by atoms with Gasteiger partial charge in [-0.3, -0.25) is 9.59 Å². The first kappa shape index (κ1) is 15.7. The van der Waals surface area contributed by atoms with E-state index in [0.717, 1.165) is 24.2 Å². The van der Waals surface area contributed by atoms with Crippen LogP contribution in [0.4, 0.5) is 0 Å². The number of benzene rings is 1. The molecule has 0 radical (unpaired) electrons. The minimum atomic E-state index is -0.0865. The molecule has 1 N–H and O–H groups in total. The van der Waals surface area contributed by atoms with Crippen molar-refractivity contribution in [3.8, 4) is 5.75 Å². The van der Waals surface area contributed by atoms with Gasteiger partial charge in [0.25, 0.3) is 0 Å². The Morgan fingerprint density at radius 2 is 2.04 bits per heavy atom. The topological polar surface area (TPSA) is 55.4 Å². The summed E-state index contributed by atoms with van der Waals surface area (Å²) in [5.41, 5.74) is 1.02. The molecule has 5 heteroatoms. The lowest BCUT2D eigenvalue weighted by molar-refractivity contribution is -0.121. The van der Waals surface area contributed by atoms with Gasteiger partial charge in [-0.25, -0.2) is 0 Å². The van der Waals surface area contributed by atoms with Crippen molar-refractivity contribution in [2.45, 2.75) is 31.7 Å². The Morgan fingerprint density at radius 1 is 1.17 bits per heavy atom. The summed E-state index contributed by atoms with van der Waals surface area (Å²) in [5, 5.41) is 4.92. The van der Waals surface area contributed by atoms with Crippen LogP contribution in [0.3, 0.4) is 0 Å². The van der Waals surface area contributed by atoms with Gasteiger partial charge in [0.1, 0.15) is 5.75 Å². The number of ether oxygens (including phenoxy) is 1. The molecule has 120 valence electrons. The molecule has 3 rings (SSSR count). The average molecular weight is 329 g/mol. The maximum Gasteiger partial charge on any atom is 0.220 e. The van der Waals surface area contributed by atoms with Crippen LogP contribution < -0.4 is 10.1 Å². The second kappa shape index (κ2) is 7.42. The van der Waals surface area contributed by atoms with Crippen LogP contribution in [0.15, 0.2) is 41.8 Å². The molecule has 1 aliphatic heterocycles. The molecule has 0 bridgehead atoms. The van der Waals surface area contributed by atoms with Gasteiger partial charge in [-0.15, -0.1) is 11.3 Å². The number of amides is 1. The van der Waals surface area contributed by atoms with Crippen LogP contribution in [0.1, 0.15) is 47.0 Å². The van der Waals surface area contributed by atoms with Crippen molar-refractivity contribution < 1.29 is 14.3 Å². The Kier molecular flexibility index (Phi) is 5.08. The summed E-state index contributed by atoms with van der Waals surface area (Å²) < 4.78 is 5.70. The summed E-state index contributed by atoms with van der Waals surface area (Å²) in [4.78, 5) is 24.9. The predicted octanol–water partition coefficient (Wildman–Crippen LogP) is 3.74. The summed E-state index contributed by atoms with van der Waals surface area (Å²) in [7, 11) is 0. The lowest BCUT2D eigenvalue weighted by atomic mass is 10.0. The molecule has 1 amide bonds. The smallest absolute Gasteiger partial charge is 0.220 e. The highest BCUT2D eigenvalue weighted by atomic mass is 32.1. The third kappa shape index (κ3) is 3.99. The lowest BCUT2D eigenvalue weighted by Gasteiger charge is -2.18. The standard InChI is InChI=1S/C18H19NO3S/c20-15(17-8-4-12-23-17)9-10-18(21)19-14-6-3-11-22-16-7-2-1-5-13(14)16/h1-2,4-5,7-8,12,14H,3,6,9-11H2,(H,19,21)/t14-/m0/s1. The van der Waals surface area contributed by atoms with Crippen LogP contribution >= 0.6 is 11.3 Å². The van der Waals surface area contributed by atoms with Gasteiger partial charge in [0, 0.05) is 18.4 Å². The molecule has 0 saturated carbocycles. The number of hydrogen-bond acceptors (Lipinski definition) is 4. The van der Waals surface area contributed by atoms with E-state index in [0.29, 0.717) is 11.5 Å². The molecule has 1 aliphatic rings. The molecule has 23 heavy (non-hydrogen) atoms. The number of nitrogens with one attached hydrogen (secondary N) is 1. The normalized spacial score (nSPS) is 16.8. The molecular weight excluding hydrogens is 310 g/mol. The molecule has 0 unspecified atom stereocenters. The van der Waals surface area contributed by atoms with Gasteiger partial charge in [0.2, 0.25) is 5.91 Å². The zero-order valence-electron chi connectivity index (χ0n) is 12.8. The largest absolute Gasteiger partial charge is 0.493 e. The lowest BCUT2D eigenvalue weighted by Crippen LogP contribution is -2.28. The number of fused-ring (bicyclic) bond motifs is 1. The van der Waals surface area contributed by atoms with Crippen LogP contribution in [0.25, 0.3) is 0 Å². The monoisotopic (exact) mass is 329 g/mol. The van der Waals surface area contributed by atoms with Crippen LogP contribution in [0.5, 0.6) is 5.75 Å². The number of rotatable bonds is 5. The Morgan fingerprint density at radius 3 is 2.87 bits per heavy atom. The third-order valence-electron chi connectivity index (χ3n) is 3.90. The zero-order chi connectivity index (χ0) is 16.1. The van der Waals surface area contributed by atoms with Crippen molar-refractivity contribution in [2.24, 2.45) is 0 Å². The molecule has 2 aromatic rings. The molecule has 2 heterocycles. The van der Waals surface area contributed by atoms with E-state index < -0.39 is 0 Å². The average Bonchev–Trinajstić information content (AvgIpc) is 3.03. The predicted molar refractivity (Wildman–Crippen MR) is 89.9 cm³/mol. The number of Topliss-reactive ketones (excluding diaryl/α,β-unsaturated/α-hetero) is 1. The fourth-order valence-electron chi connectivity index (χ4n) is 2.73. The van der Waals surface area contributed by atoms with Gasteiger partial charge in [0.05, 0.1) is 17.5 Å². The van der Waals surface area contributed by atoms with E-state index in [1.807, 2.05) is 35.7 Å². The van der Waals surface area contributed by atoms with Gasteiger partial charge in [0.15, 0.2) is 5.78 Å². The fourth-order valence-corrected chi connectivity index (χ4v) is 3.42. The number of thiophene rings is 1. The summed E-state index contributed by atoms with van der Waals surface area (Å²) in [6, 6.07) is 11.4. The van der Waals surface area contributed by atoms with Crippen LogP contribution in [-0.4, -0.2) is 18.3 Å². The minimum absolute atomic E-state index is 0.0275.